The fourth-order valence-electron chi connectivity index (χ4n) is 0.351. The molecule has 0 aromatic carbocycles. The minimum absolute atomic E-state index is 0.959. The molecule has 0 fully saturated rings. The summed E-state index contributed by atoms with van der Waals surface area (Å²) in [5, 5.41) is 8.42. The molecule has 1 heterocycles. The van der Waals surface area contributed by atoms with Crippen LogP contribution in [0, 0.1) is 5.51 Å². The summed E-state index contributed by atoms with van der Waals surface area (Å²) in [6.45, 7) is 0. The van der Waals surface area contributed by atoms with Gasteiger partial charge < -0.3 is 0 Å². The molecule has 2 nitrogen and oxygen atoms in total. The van der Waals surface area contributed by atoms with Crippen molar-refractivity contribution in [3.8, 4) is 0 Å². The van der Waals surface area contributed by atoms with E-state index < -0.39 is 0 Å². The number of rotatable bonds is 2. The maximum absolute atomic E-state index is 3.80. The molecule has 43 valence electrons. The van der Waals surface area contributed by atoms with E-state index in [2.05, 4.69) is 15.7 Å². The molecule has 0 saturated carbocycles. The molecule has 0 amide bonds. The van der Waals surface area contributed by atoms with E-state index in [-0.39, 0.29) is 0 Å². The van der Waals surface area contributed by atoms with Crippen LogP contribution in [0.4, 0.5) is 0 Å². The van der Waals surface area contributed by atoms with Crippen LogP contribution in [0.5, 0.6) is 0 Å². The van der Waals surface area contributed by atoms with Crippen molar-refractivity contribution in [2.75, 3.05) is 6.26 Å². The molecule has 4 heteroatoms. The van der Waals surface area contributed by atoms with Gasteiger partial charge in [0.2, 0.25) is 0 Å². The van der Waals surface area contributed by atoms with E-state index in [1.54, 1.807) is 11.8 Å². The second-order valence-corrected chi connectivity index (χ2v) is 2.94. The third-order valence-corrected chi connectivity index (χ3v) is 2.01. The third kappa shape index (κ3) is 1.45. The maximum atomic E-state index is 3.80. The van der Waals surface area contributed by atoms with E-state index in [4.69, 9.17) is 0 Å². The molecular weight excluding hydrogens is 140 g/mol. The third-order valence-electron chi connectivity index (χ3n) is 0.634. The summed E-state index contributed by atoms with van der Waals surface area (Å²) in [7, 11) is 0. The lowest BCUT2D eigenvalue weighted by Crippen LogP contribution is -1.75. The van der Waals surface area contributed by atoms with Crippen molar-refractivity contribution in [3.63, 3.8) is 0 Å². The summed E-state index contributed by atoms with van der Waals surface area (Å²) >= 11 is 3.23. The number of thioether (sulfide) groups is 1. The van der Waals surface area contributed by atoms with E-state index in [9.17, 15) is 0 Å². The van der Waals surface area contributed by atoms with Crippen LogP contribution >= 0.6 is 23.1 Å². The first-order chi connectivity index (χ1) is 3.93. The van der Waals surface area contributed by atoms with Gasteiger partial charge in [-0.15, -0.1) is 10.2 Å². The zero-order valence-corrected chi connectivity index (χ0v) is 6.05. The van der Waals surface area contributed by atoms with Gasteiger partial charge in [-0.3, -0.25) is 0 Å². The van der Waals surface area contributed by atoms with Gasteiger partial charge >= 0.3 is 0 Å². The number of aromatic nitrogens is 2. The first-order valence-corrected chi connectivity index (χ1v) is 4.32. The molecule has 0 aliphatic heterocycles. The molecule has 8 heavy (non-hydrogen) atoms. The quantitative estimate of drug-likeness (QED) is 0.625. The van der Waals surface area contributed by atoms with Crippen LogP contribution < -0.4 is 0 Å². The molecule has 0 atom stereocenters. The van der Waals surface area contributed by atoms with Crippen LogP contribution in [0.25, 0.3) is 0 Å². The standard InChI is InChI=1S/C4H5N2S2/c1-7-2-4-6-5-3-8-4/h2H2,1H3. The van der Waals surface area contributed by atoms with Crippen molar-refractivity contribution in [3.05, 3.63) is 10.5 Å². The zero-order chi connectivity index (χ0) is 5.82. The topological polar surface area (TPSA) is 25.8 Å². The van der Waals surface area contributed by atoms with Crippen LogP contribution in [0.2, 0.25) is 0 Å². The van der Waals surface area contributed by atoms with Crippen molar-refractivity contribution < 1.29 is 0 Å². The zero-order valence-electron chi connectivity index (χ0n) is 4.42. The summed E-state index contributed by atoms with van der Waals surface area (Å²) < 4.78 is 0. The highest BCUT2D eigenvalue weighted by Gasteiger charge is 1.91. The normalized spacial score (nSPS) is 9.62. The van der Waals surface area contributed by atoms with Gasteiger partial charge in [-0.2, -0.15) is 11.8 Å². The highest BCUT2D eigenvalue weighted by atomic mass is 32.2. The van der Waals surface area contributed by atoms with Gasteiger partial charge in [0, 0.05) is 5.75 Å². The SMILES string of the molecule is CSCc1nn[c]s1. The second-order valence-electron chi connectivity index (χ2n) is 1.22. The first-order valence-electron chi connectivity index (χ1n) is 2.11. The van der Waals surface area contributed by atoms with Crippen molar-refractivity contribution in [2.45, 2.75) is 5.75 Å². The largest absolute Gasteiger partial charge is 0.178 e. The van der Waals surface area contributed by atoms with E-state index >= 15 is 0 Å². The Kier molecular flexibility index (Phi) is 2.29. The Morgan fingerprint density at radius 2 is 2.75 bits per heavy atom. The maximum Gasteiger partial charge on any atom is 0.178 e. The van der Waals surface area contributed by atoms with Gasteiger partial charge in [-0.1, -0.05) is 11.3 Å². The van der Waals surface area contributed by atoms with E-state index in [1.165, 1.54) is 11.3 Å². The summed E-state index contributed by atoms with van der Waals surface area (Å²) in [5.74, 6) is 0.959. The highest BCUT2D eigenvalue weighted by Crippen LogP contribution is 2.08. The molecule has 0 saturated heterocycles. The second kappa shape index (κ2) is 3.04. The van der Waals surface area contributed by atoms with Gasteiger partial charge in [0.1, 0.15) is 5.01 Å². The summed E-state index contributed by atoms with van der Waals surface area (Å²) in [5.41, 5.74) is 2.68. The summed E-state index contributed by atoms with van der Waals surface area (Å²) in [6, 6.07) is 0. The fourth-order valence-corrected chi connectivity index (χ4v) is 1.51. The van der Waals surface area contributed by atoms with Crippen molar-refractivity contribution in [1.82, 2.24) is 10.2 Å². The monoisotopic (exact) mass is 145 g/mol. The van der Waals surface area contributed by atoms with Gasteiger partial charge in [0.15, 0.2) is 5.51 Å². The van der Waals surface area contributed by atoms with Crippen LogP contribution in [-0.2, 0) is 5.75 Å². The van der Waals surface area contributed by atoms with Crippen molar-refractivity contribution in [1.29, 1.82) is 0 Å². The molecule has 0 spiro atoms. The number of nitrogens with zero attached hydrogens (tertiary/aromatic N) is 2. The molecule has 0 bridgehead atoms. The molecule has 0 aliphatic rings. The van der Waals surface area contributed by atoms with Gasteiger partial charge in [-0.05, 0) is 6.26 Å². The predicted octanol–water partition coefficient (Wildman–Crippen LogP) is 1.20. The Bertz CT molecular complexity index is 138. The van der Waals surface area contributed by atoms with Crippen LogP contribution in [0.3, 0.4) is 0 Å². The number of hydrogen-bond acceptors (Lipinski definition) is 4. The molecule has 1 radical (unpaired) electrons. The summed E-state index contributed by atoms with van der Waals surface area (Å²) in [4.78, 5) is 0. The Balaban J connectivity index is 2.50. The van der Waals surface area contributed by atoms with E-state index in [1.807, 2.05) is 6.26 Å². The molecule has 0 N–H and O–H groups in total. The molecule has 1 aromatic heterocycles. The first kappa shape index (κ1) is 6.04. The molecule has 1 rings (SSSR count). The Morgan fingerprint density at radius 1 is 1.88 bits per heavy atom. The smallest absolute Gasteiger partial charge is 0.158 e. The Hall–Kier alpha value is -0.0900. The minimum Gasteiger partial charge on any atom is -0.158 e. The predicted molar refractivity (Wildman–Crippen MR) is 36.0 cm³/mol. The Labute approximate surface area is 56.3 Å². The van der Waals surface area contributed by atoms with E-state index in [0.717, 1.165) is 10.8 Å². The molecule has 0 unspecified atom stereocenters. The highest BCUT2D eigenvalue weighted by molar-refractivity contribution is 7.97. The number of hydrogen-bond donors (Lipinski definition) is 0. The van der Waals surface area contributed by atoms with Crippen molar-refractivity contribution in [2.24, 2.45) is 0 Å². The lowest BCUT2D eigenvalue weighted by atomic mass is 10.9. The van der Waals surface area contributed by atoms with Crippen molar-refractivity contribution >= 4 is 23.1 Å². The van der Waals surface area contributed by atoms with Crippen LogP contribution in [-0.4, -0.2) is 16.5 Å². The molecular formula is C4H5N2S2. The molecule has 1 aromatic rings. The average Bonchev–Trinajstić information content (AvgIpc) is 2.19. The molecule has 0 aliphatic carbocycles. The Morgan fingerprint density at radius 3 is 3.25 bits per heavy atom. The lowest BCUT2D eigenvalue weighted by molar-refractivity contribution is 1.04. The van der Waals surface area contributed by atoms with Gasteiger partial charge in [-0.25, -0.2) is 0 Å². The minimum atomic E-state index is 0.959. The van der Waals surface area contributed by atoms with Crippen LogP contribution in [0.15, 0.2) is 0 Å². The average molecular weight is 145 g/mol. The lowest BCUT2D eigenvalue weighted by Gasteiger charge is -1.82. The van der Waals surface area contributed by atoms with E-state index in [0.29, 0.717) is 0 Å². The van der Waals surface area contributed by atoms with Gasteiger partial charge in [0.05, 0.1) is 0 Å². The summed E-state index contributed by atoms with van der Waals surface area (Å²) in [6.07, 6.45) is 2.04. The van der Waals surface area contributed by atoms with Crippen LogP contribution in [0.1, 0.15) is 5.01 Å². The van der Waals surface area contributed by atoms with Gasteiger partial charge in [0.25, 0.3) is 0 Å². The fraction of sp³-hybridized carbons (Fsp3) is 0.500.